The molecule has 0 bridgehead atoms. The lowest BCUT2D eigenvalue weighted by Gasteiger charge is -2.23. The summed E-state index contributed by atoms with van der Waals surface area (Å²) in [6.45, 7) is 6.54. The lowest BCUT2D eigenvalue weighted by Crippen LogP contribution is -2.14. The van der Waals surface area contributed by atoms with Gasteiger partial charge in [-0.2, -0.15) is 0 Å². The highest BCUT2D eigenvalue weighted by atomic mass is 19.1. The van der Waals surface area contributed by atoms with Gasteiger partial charge in [0.1, 0.15) is 5.83 Å². The molecule has 0 radical (unpaired) electrons. The summed E-state index contributed by atoms with van der Waals surface area (Å²) in [7, 11) is 0. The zero-order chi connectivity index (χ0) is 18.4. The lowest BCUT2D eigenvalue weighted by molar-refractivity contribution is -0.131. The van der Waals surface area contributed by atoms with Crippen LogP contribution in [-0.2, 0) is 17.6 Å². The van der Waals surface area contributed by atoms with Crippen molar-refractivity contribution in [3.05, 3.63) is 58.5 Å². The molecule has 25 heavy (non-hydrogen) atoms. The number of nitrogens with one attached hydrogen (secondary N) is 1. The Labute approximate surface area is 149 Å². The fourth-order valence-electron chi connectivity index (χ4n) is 3.08. The number of carboxylic acid groups (broad SMARTS) is 1. The maximum atomic E-state index is 14.5. The normalized spacial score (nSPS) is 15.6. The Hall–Kier alpha value is -2.36. The van der Waals surface area contributed by atoms with Crippen LogP contribution in [0.2, 0.25) is 0 Å². The van der Waals surface area contributed by atoms with E-state index in [0.717, 1.165) is 43.9 Å². The number of allylic oxidation sites excluding steroid dienone is 5. The van der Waals surface area contributed by atoms with Crippen LogP contribution in [-0.4, -0.2) is 17.6 Å². The summed E-state index contributed by atoms with van der Waals surface area (Å²) in [6.07, 6.45) is 7.99. The lowest BCUT2D eigenvalue weighted by atomic mass is 9.92. The molecule has 0 fully saturated rings. The summed E-state index contributed by atoms with van der Waals surface area (Å²) in [5, 5.41) is 12.2. The second-order valence-electron chi connectivity index (χ2n) is 6.48. The van der Waals surface area contributed by atoms with Crippen LogP contribution in [0.1, 0.15) is 50.3 Å². The highest BCUT2D eigenvalue weighted by Gasteiger charge is 2.15. The zero-order valence-electron chi connectivity index (χ0n) is 15.2. The van der Waals surface area contributed by atoms with E-state index >= 15 is 0 Å². The minimum atomic E-state index is -1.03. The number of anilines is 1. The largest absolute Gasteiger partial charge is 0.478 e. The minimum Gasteiger partial charge on any atom is -0.478 e. The van der Waals surface area contributed by atoms with Crippen LogP contribution in [0.25, 0.3) is 5.57 Å². The van der Waals surface area contributed by atoms with Crippen LogP contribution in [0.15, 0.2) is 41.8 Å². The van der Waals surface area contributed by atoms with Gasteiger partial charge in [0.2, 0.25) is 0 Å². The second-order valence-corrected chi connectivity index (χ2v) is 6.48. The number of hydrogen-bond acceptors (Lipinski definition) is 2. The van der Waals surface area contributed by atoms with Gasteiger partial charge in [0.25, 0.3) is 0 Å². The van der Waals surface area contributed by atoms with Crippen LogP contribution in [0.5, 0.6) is 0 Å². The molecule has 0 amide bonds. The van der Waals surface area contributed by atoms with Crippen molar-refractivity contribution in [1.29, 1.82) is 0 Å². The third-order valence-electron chi connectivity index (χ3n) is 4.38. The smallest absolute Gasteiger partial charge is 0.328 e. The molecule has 1 aliphatic heterocycles. The minimum absolute atomic E-state index is 0.343. The van der Waals surface area contributed by atoms with Gasteiger partial charge in [-0.15, -0.1) is 0 Å². The molecule has 0 atom stereocenters. The van der Waals surface area contributed by atoms with Gasteiger partial charge >= 0.3 is 5.97 Å². The predicted octanol–water partition coefficient (Wildman–Crippen LogP) is 5.28. The van der Waals surface area contributed by atoms with E-state index in [1.807, 2.05) is 0 Å². The monoisotopic (exact) mass is 343 g/mol. The van der Waals surface area contributed by atoms with Crippen molar-refractivity contribution in [3.8, 4) is 0 Å². The van der Waals surface area contributed by atoms with Crippen molar-refractivity contribution < 1.29 is 14.3 Å². The van der Waals surface area contributed by atoms with Gasteiger partial charge < -0.3 is 10.4 Å². The average Bonchev–Trinajstić information content (AvgIpc) is 2.58. The molecule has 0 aromatic heterocycles. The molecule has 2 rings (SSSR count). The van der Waals surface area contributed by atoms with Gasteiger partial charge in [-0.05, 0) is 79.2 Å². The van der Waals surface area contributed by atoms with Crippen LogP contribution in [0.4, 0.5) is 10.1 Å². The Bertz CT molecular complexity index is 745. The first-order valence-electron chi connectivity index (χ1n) is 8.78. The van der Waals surface area contributed by atoms with E-state index in [9.17, 15) is 9.18 Å². The Morgan fingerprint density at radius 2 is 2.08 bits per heavy atom. The van der Waals surface area contributed by atoms with Gasteiger partial charge in [0.15, 0.2) is 0 Å². The average molecular weight is 343 g/mol. The van der Waals surface area contributed by atoms with Crippen molar-refractivity contribution >= 4 is 17.2 Å². The summed E-state index contributed by atoms with van der Waals surface area (Å²) < 4.78 is 14.5. The molecule has 1 aliphatic rings. The molecule has 2 N–H and O–H groups in total. The number of aryl methyl sites for hydroxylation is 2. The molecule has 0 saturated carbocycles. The Morgan fingerprint density at radius 1 is 1.32 bits per heavy atom. The predicted molar refractivity (Wildman–Crippen MR) is 101 cm³/mol. The molecule has 0 spiro atoms. The maximum absolute atomic E-state index is 14.5. The molecular weight excluding hydrogens is 317 g/mol. The molecule has 3 nitrogen and oxygen atoms in total. The van der Waals surface area contributed by atoms with Crippen molar-refractivity contribution in [1.82, 2.24) is 0 Å². The summed E-state index contributed by atoms with van der Waals surface area (Å²) in [5.74, 6) is -1.38. The maximum Gasteiger partial charge on any atom is 0.328 e. The van der Waals surface area contributed by atoms with Gasteiger partial charge in [-0.25, -0.2) is 9.18 Å². The second kappa shape index (κ2) is 8.65. The van der Waals surface area contributed by atoms with Crippen LogP contribution in [0.3, 0.4) is 0 Å². The number of carboxylic acids is 1. The quantitative estimate of drug-likeness (QED) is 0.545. The van der Waals surface area contributed by atoms with Gasteiger partial charge in [-0.1, -0.05) is 19.4 Å². The molecule has 1 heterocycles. The SMILES string of the molecule is CCCc1cc(\C(C)=C(F)/C=C/C(C)=C/C(=O)O)cc2c1NCCC2. The number of aliphatic carboxylic acids is 1. The van der Waals surface area contributed by atoms with E-state index < -0.39 is 5.97 Å². The van der Waals surface area contributed by atoms with Crippen molar-refractivity contribution in [3.63, 3.8) is 0 Å². The standard InChI is InChI=1S/C21H26FNO2/c1-4-6-16-12-18(13-17-7-5-10-23-21(16)17)15(3)19(22)9-8-14(2)11-20(24)25/h8-9,11-13,23H,4-7,10H2,1-3H3,(H,24,25)/b9-8+,14-11+,19-15+. The summed E-state index contributed by atoms with van der Waals surface area (Å²) in [4.78, 5) is 10.6. The highest BCUT2D eigenvalue weighted by molar-refractivity contribution is 5.81. The van der Waals surface area contributed by atoms with Crippen LogP contribution in [0, 0.1) is 0 Å². The molecule has 0 saturated heterocycles. The Kier molecular flexibility index (Phi) is 6.57. The van der Waals surface area contributed by atoms with Gasteiger partial charge in [0.05, 0.1) is 0 Å². The Balaban J connectivity index is 2.37. The molecule has 0 unspecified atom stereocenters. The van der Waals surface area contributed by atoms with Crippen LogP contribution >= 0.6 is 0 Å². The van der Waals surface area contributed by atoms with E-state index in [-0.39, 0.29) is 5.83 Å². The first-order valence-corrected chi connectivity index (χ1v) is 8.78. The van der Waals surface area contributed by atoms with E-state index in [4.69, 9.17) is 5.11 Å². The molecular formula is C21H26FNO2. The molecule has 1 aromatic rings. The summed E-state index contributed by atoms with van der Waals surface area (Å²) in [6, 6.07) is 4.15. The van der Waals surface area contributed by atoms with Gasteiger partial charge in [-0.3, -0.25) is 0 Å². The van der Waals surface area contributed by atoms with E-state index in [0.29, 0.717) is 11.1 Å². The first kappa shape index (κ1) is 19.0. The number of rotatable bonds is 6. The first-order chi connectivity index (χ1) is 11.9. The van der Waals surface area contributed by atoms with Gasteiger partial charge in [0, 0.05) is 18.3 Å². The summed E-state index contributed by atoms with van der Waals surface area (Å²) >= 11 is 0. The Morgan fingerprint density at radius 3 is 2.76 bits per heavy atom. The third kappa shape index (κ3) is 5.05. The number of hydrogen-bond donors (Lipinski definition) is 2. The van der Waals surface area contributed by atoms with Crippen LogP contribution < -0.4 is 5.32 Å². The van der Waals surface area contributed by atoms with Crippen molar-refractivity contribution in [2.45, 2.75) is 46.5 Å². The fourth-order valence-corrected chi connectivity index (χ4v) is 3.08. The molecule has 134 valence electrons. The third-order valence-corrected chi connectivity index (χ3v) is 4.38. The van der Waals surface area contributed by atoms with E-state index in [1.165, 1.54) is 29.0 Å². The zero-order valence-corrected chi connectivity index (χ0v) is 15.2. The van der Waals surface area contributed by atoms with E-state index in [2.05, 4.69) is 24.4 Å². The highest BCUT2D eigenvalue weighted by Crippen LogP contribution is 2.32. The topological polar surface area (TPSA) is 49.3 Å². The molecule has 1 aromatic carbocycles. The number of fused-ring (bicyclic) bond motifs is 1. The number of carbonyl (C=O) groups is 1. The van der Waals surface area contributed by atoms with Crippen molar-refractivity contribution in [2.75, 3.05) is 11.9 Å². The summed E-state index contributed by atoms with van der Waals surface area (Å²) in [5.41, 5.74) is 5.69. The molecule has 4 heteroatoms. The van der Waals surface area contributed by atoms with E-state index in [1.54, 1.807) is 13.8 Å². The molecule has 0 aliphatic carbocycles. The number of benzene rings is 1. The number of halogens is 1. The fraction of sp³-hybridized carbons (Fsp3) is 0.381. The van der Waals surface area contributed by atoms with Crippen molar-refractivity contribution in [2.24, 2.45) is 0 Å².